The Hall–Kier alpha value is -10.3. The summed E-state index contributed by atoms with van der Waals surface area (Å²) in [6, 6.07) is 88.9. The lowest BCUT2D eigenvalue weighted by molar-refractivity contribution is 0.264. The van der Waals surface area contributed by atoms with Gasteiger partial charge in [0, 0.05) is 51.5 Å². The molecule has 0 radical (unpaired) electrons. The normalized spacial score (nSPS) is 16.3. The summed E-state index contributed by atoms with van der Waals surface area (Å²) in [4.78, 5) is 7.93. The monoisotopic (exact) mass is 1140 g/mol. The second kappa shape index (κ2) is 18.9. The number of nitrogens with zero attached hydrogens (tertiary/aromatic N) is 3. The fourth-order valence-corrected chi connectivity index (χ4v) is 16.8. The maximum Gasteiger partial charge on any atom is 0.333 e. The van der Waals surface area contributed by atoms with Crippen molar-refractivity contribution in [2.75, 3.05) is 14.6 Å². The third kappa shape index (κ3) is 7.26. The lowest BCUT2D eigenvalue weighted by atomic mass is 9.42. The number of hydrogen-bond donors (Lipinski definition) is 0. The van der Waals surface area contributed by atoms with Gasteiger partial charge in [-0.15, -0.1) is 0 Å². The van der Waals surface area contributed by atoms with Gasteiger partial charge in [0.2, 0.25) is 0 Å². The molecular formula is C84H64BN3O. The van der Waals surface area contributed by atoms with Crippen LogP contribution in [0.3, 0.4) is 0 Å². The Labute approximate surface area is 521 Å². The molecule has 5 heteroatoms. The van der Waals surface area contributed by atoms with Crippen molar-refractivity contribution in [2.24, 2.45) is 10.8 Å². The first-order valence-corrected chi connectivity index (χ1v) is 31.7. The third-order valence-corrected chi connectivity index (χ3v) is 21.1. The molecule has 11 aromatic carbocycles. The van der Waals surface area contributed by atoms with Gasteiger partial charge in [0.25, 0.3) is 0 Å². The van der Waals surface area contributed by atoms with Crippen LogP contribution in [0.15, 0.2) is 264 Å². The molecule has 3 aliphatic carbocycles. The number of anilines is 7. The highest BCUT2D eigenvalue weighted by Crippen LogP contribution is 2.65. The highest BCUT2D eigenvalue weighted by Gasteiger charge is 2.56. The maximum absolute atomic E-state index is 7.00. The van der Waals surface area contributed by atoms with E-state index in [0.717, 1.165) is 80.9 Å². The summed E-state index contributed by atoms with van der Waals surface area (Å²) in [5, 5.41) is 2.19. The van der Waals surface area contributed by atoms with E-state index in [2.05, 4.69) is 311 Å². The first-order valence-electron chi connectivity index (χ1n) is 31.7. The van der Waals surface area contributed by atoms with E-state index in [-0.39, 0.29) is 17.7 Å². The van der Waals surface area contributed by atoms with Crippen molar-refractivity contribution in [2.45, 2.75) is 66.2 Å². The number of hydrogen-bond acceptors (Lipinski definition) is 4. The van der Waals surface area contributed by atoms with Crippen LogP contribution >= 0.6 is 0 Å². The minimum absolute atomic E-state index is 0.0151. The number of rotatable bonds is 6. The SMILES string of the molecule is Cc1cc(-c2ccccc2)ccc1N(c1cc2c3c(c1)N1c4ccccc4C4(c5ccccc5-c5ccccc54)c4cccc(c41)B3N(C1=CC3=C(CC#C1)C(C)(C)CCC3(C)C)c1c-2ccc2oc3ccccc3c12)c1ccc(-c2ccccc2)cc1C. The van der Waals surface area contributed by atoms with Gasteiger partial charge >= 0.3 is 6.85 Å². The zero-order valence-electron chi connectivity index (χ0n) is 51.0. The van der Waals surface area contributed by atoms with E-state index in [0.29, 0.717) is 0 Å². The topological polar surface area (TPSA) is 22.9 Å². The number of allylic oxidation sites excluding steroid dienone is 4. The van der Waals surface area contributed by atoms with Crippen molar-refractivity contribution in [3.8, 4) is 56.3 Å². The van der Waals surface area contributed by atoms with Crippen LogP contribution in [0.2, 0.25) is 0 Å². The summed E-state index contributed by atoms with van der Waals surface area (Å²) in [5.41, 5.74) is 32.6. The van der Waals surface area contributed by atoms with E-state index in [1.165, 1.54) is 106 Å². The number of benzene rings is 11. The van der Waals surface area contributed by atoms with E-state index >= 15 is 0 Å². The zero-order valence-corrected chi connectivity index (χ0v) is 51.0. The summed E-state index contributed by atoms with van der Waals surface area (Å²) in [7, 11) is 0. The molecule has 6 aliphatic rings. The largest absolute Gasteiger partial charge is 0.456 e. The molecule has 3 aliphatic heterocycles. The minimum atomic E-state index is -0.630. The number of furan rings is 1. The van der Waals surface area contributed by atoms with E-state index in [1.54, 1.807) is 0 Å². The predicted molar refractivity (Wildman–Crippen MR) is 372 cm³/mol. The molecule has 4 heterocycles. The Kier molecular flexibility index (Phi) is 11.0. The van der Waals surface area contributed by atoms with Crippen LogP contribution in [0.25, 0.3) is 66.4 Å². The van der Waals surface area contributed by atoms with Crippen molar-refractivity contribution >= 4 is 79.5 Å². The van der Waals surface area contributed by atoms with Crippen molar-refractivity contribution < 1.29 is 4.42 Å². The van der Waals surface area contributed by atoms with Gasteiger partial charge in [-0.2, -0.15) is 0 Å². The molecule has 0 saturated heterocycles. The fourth-order valence-electron chi connectivity index (χ4n) is 16.8. The van der Waals surface area contributed by atoms with Crippen molar-refractivity contribution in [1.29, 1.82) is 0 Å². The number of fused-ring (bicyclic) bond motifs is 17. The van der Waals surface area contributed by atoms with Crippen LogP contribution in [0.1, 0.15) is 80.3 Å². The summed E-state index contributed by atoms with van der Waals surface area (Å²) >= 11 is 0. The lowest BCUT2D eigenvalue weighted by Crippen LogP contribution is -2.63. The van der Waals surface area contributed by atoms with Gasteiger partial charge in [0.1, 0.15) is 11.2 Å². The predicted octanol–water partition coefficient (Wildman–Crippen LogP) is 20.5. The van der Waals surface area contributed by atoms with Crippen LogP contribution in [0.5, 0.6) is 0 Å². The van der Waals surface area contributed by atoms with Gasteiger partial charge in [-0.3, -0.25) is 0 Å². The van der Waals surface area contributed by atoms with Crippen LogP contribution < -0.4 is 25.5 Å². The Balaban J connectivity index is 0.992. The Morgan fingerprint density at radius 3 is 1.78 bits per heavy atom. The second-order valence-electron chi connectivity index (χ2n) is 26.8. The molecule has 0 fully saturated rings. The standard InChI is InChI=1S/C84H64BN3O/c1-52-47-56(54-23-9-7-10-24-54)39-42-72(52)86(73-43-40-57(48-53(73)2)55-25-11-8-12-26-55)59-49-64-62-41-44-77-78(63-30-15-20-38-76(63)89-77)80(62)88(58-27-21-34-67-70(50-58)83(5,6)46-45-82(67,3)4)85-71-36-22-35-69-81(71)87(75(51-59)79(64)85)74-37-19-18-33-68(74)84(69)65-31-16-13-28-60(65)61-29-14-17-32-66(61)84/h7-20,22-26,28-33,35-44,47-51H,34,45-46H2,1-6H3. The Morgan fingerprint density at radius 2 is 1.09 bits per heavy atom. The first kappa shape index (κ1) is 51.9. The maximum atomic E-state index is 7.00. The van der Waals surface area contributed by atoms with Crippen LogP contribution in [-0.2, 0) is 5.41 Å². The molecular weight excluding hydrogens is 1080 g/mol. The van der Waals surface area contributed by atoms with Crippen LogP contribution in [-0.4, -0.2) is 6.85 Å². The van der Waals surface area contributed by atoms with Gasteiger partial charge in [-0.05, 0) is 205 Å². The minimum Gasteiger partial charge on any atom is -0.456 e. The smallest absolute Gasteiger partial charge is 0.333 e. The molecule has 12 aromatic rings. The average Bonchev–Trinajstić information content (AvgIpc) is 1.66. The highest BCUT2D eigenvalue weighted by molar-refractivity contribution is 6.93. The molecule has 0 N–H and O–H groups in total. The molecule has 0 atom stereocenters. The zero-order chi connectivity index (χ0) is 59.7. The third-order valence-electron chi connectivity index (χ3n) is 21.1. The average molecular weight is 1140 g/mol. The Morgan fingerprint density at radius 1 is 0.483 bits per heavy atom. The molecule has 424 valence electrons. The summed E-state index contributed by atoms with van der Waals surface area (Å²) < 4.78 is 7.00. The fraction of sp³-hybridized carbons (Fsp3) is 0.143. The molecule has 4 nitrogen and oxygen atoms in total. The summed E-state index contributed by atoms with van der Waals surface area (Å²) in [6.45, 7) is 14.0. The van der Waals surface area contributed by atoms with Gasteiger partial charge in [0.05, 0.1) is 22.2 Å². The van der Waals surface area contributed by atoms with Gasteiger partial charge in [-0.25, -0.2) is 0 Å². The first-order chi connectivity index (χ1) is 43.5. The van der Waals surface area contributed by atoms with E-state index in [1.807, 2.05) is 0 Å². The molecule has 0 unspecified atom stereocenters. The van der Waals surface area contributed by atoms with Crippen molar-refractivity contribution in [1.82, 2.24) is 0 Å². The molecule has 1 aromatic heterocycles. The molecule has 0 bridgehead atoms. The molecule has 1 spiro atoms. The summed E-state index contributed by atoms with van der Waals surface area (Å²) in [5.74, 6) is 7.88. The van der Waals surface area contributed by atoms with Gasteiger partial charge < -0.3 is 19.0 Å². The van der Waals surface area contributed by atoms with Gasteiger partial charge in [0.15, 0.2) is 0 Å². The molecule has 0 amide bonds. The van der Waals surface area contributed by atoms with Crippen LogP contribution in [0.4, 0.5) is 39.8 Å². The van der Waals surface area contributed by atoms with Crippen LogP contribution in [0, 0.1) is 36.5 Å². The van der Waals surface area contributed by atoms with E-state index in [4.69, 9.17) is 4.42 Å². The van der Waals surface area contributed by atoms with Crippen molar-refractivity contribution in [3.05, 3.63) is 293 Å². The lowest BCUT2D eigenvalue weighted by Gasteiger charge is -2.52. The quantitative estimate of drug-likeness (QED) is 0.122. The number of aryl methyl sites for hydroxylation is 2. The summed E-state index contributed by atoms with van der Waals surface area (Å²) in [6.07, 6.45) is 5.50. The molecule has 18 rings (SSSR count). The van der Waals surface area contributed by atoms with E-state index < -0.39 is 5.41 Å². The van der Waals surface area contributed by atoms with Crippen molar-refractivity contribution in [3.63, 3.8) is 0 Å². The molecule has 0 saturated carbocycles. The second-order valence-corrected chi connectivity index (χ2v) is 26.8. The Bertz CT molecular complexity index is 5050. The van der Waals surface area contributed by atoms with E-state index in [9.17, 15) is 0 Å². The highest BCUT2D eigenvalue weighted by atomic mass is 16.3. The number of para-hydroxylation sites is 3. The van der Waals surface area contributed by atoms with Gasteiger partial charge in [-0.1, -0.05) is 210 Å². The molecule has 89 heavy (non-hydrogen) atoms.